The van der Waals surface area contributed by atoms with Crippen LogP contribution in [0.3, 0.4) is 0 Å². The predicted molar refractivity (Wildman–Crippen MR) is 50.2 cm³/mol. The lowest BCUT2D eigenvalue weighted by Crippen LogP contribution is -2.43. The number of aliphatic hydroxyl groups excluding tert-OH is 2. The van der Waals surface area contributed by atoms with Crippen molar-refractivity contribution >= 4 is 11.8 Å². The number of hydrogen-bond acceptors (Lipinski definition) is 6. The molecule has 0 amide bonds. The number of Topliss-reactive ketones (excluding diaryl/α,β-unsaturated/α-hetero) is 1. The Kier molecular flexibility index (Phi) is 2.18. The zero-order valence-electron chi connectivity index (χ0n) is 9.01. The molecule has 5 atom stereocenters. The van der Waals surface area contributed by atoms with Crippen LogP contribution in [0.25, 0.3) is 0 Å². The third kappa shape index (κ3) is 1.02. The van der Waals surface area contributed by atoms with E-state index in [9.17, 15) is 24.9 Å². The van der Waals surface area contributed by atoms with E-state index >= 15 is 0 Å². The normalized spacial score (nSPS) is 51.7. The van der Waals surface area contributed by atoms with E-state index in [0.29, 0.717) is 6.42 Å². The van der Waals surface area contributed by atoms with Crippen molar-refractivity contribution in [2.24, 2.45) is 5.41 Å². The number of cyclic esters (lactones) is 1. The minimum absolute atomic E-state index is 0.444. The number of ether oxygens (including phenoxy) is 1. The highest BCUT2D eigenvalue weighted by atomic mass is 16.6. The van der Waals surface area contributed by atoms with E-state index < -0.39 is 41.1 Å². The van der Waals surface area contributed by atoms with Gasteiger partial charge in [-0.2, -0.15) is 0 Å². The first-order chi connectivity index (χ1) is 7.30. The molecule has 1 saturated carbocycles. The van der Waals surface area contributed by atoms with Gasteiger partial charge < -0.3 is 20.1 Å². The Morgan fingerprint density at radius 1 is 1.38 bits per heavy atom. The maximum atomic E-state index is 11.1. The summed E-state index contributed by atoms with van der Waals surface area (Å²) < 4.78 is 4.63. The van der Waals surface area contributed by atoms with E-state index in [1.165, 1.54) is 0 Å². The van der Waals surface area contributed by atoms with Gasteiger partial charge in [0.2, 0.25) is 0 Å². The van der Waals surface area contributed by atoms with Gasteiger partial charge in [-0.25, -0.2) is 4.79 Å². The van der Waals surface area contributed by atoms with Gasteiger partial charge >= 0.3 is 5.97 Å². The topological polar surface area (TPSA) is 104 Å². The SMILES string of the molecule is CCC1(C)C(O)[C@]1(O)[C@H]1OC(=O)C(=O)C1O. The van der Waals surface area contributed by atoms with Crippen molar-refractivity contribution in [3.8, 4) is 0 Å². The summed E-state index contributed by atoms with van der Waals surface area (Å²) in [5, 5.41) is 29.4. The minimum atomic E-state index is -1.73. The predicted octanol–water partition coefficient (Wildman–Crippen LogP) is -1.64. The smallest absolute Gasteiger partial charge is 0.378 e. The van der Waals surface area contributed by atoms with Crippen molar-refractivity contribution in [1.29, 1.82) is 0 Å². The van der Waals surface area contributed by atoms with Crippen molar-refractivity contribution in [3.63, 3.8) is 0 Å². The van der Waals surface area contributed by atoms with Crippen LogP contribution < -0.4 is 0 Å². The van der Waals surface area contributed by atoms with Crippen molar-refractivity contribution in [2.45, 2.75) is 44.2 Å². The van der Waals surface area contributed by atoms with Crippen LogP contribution in [0.2, 0.25) is 0 Å². The van der Waals surface area contributed by atoms with Gasteiger partial charge in [-0.3, -0.25) is 4.79 Å². The van der Waals surface area contributed by atoms with E-state index in [1.807, 2.05) is 0 Å². The van der Waals surface area contributed by atoms with Crippen LogP contribution >= 0.6 is 0 Å². The highest BCUT2D eigenvalue weighted by Crippen LogP contribution is 2.61. The van der Waals surface area contributed by atoms with Crippen LogP contribution in [-0.2, 0) is 14.3 Å². The molecule has 0 radical (unpaired) electrons. The minimum Gasteiger partial charge on any atom is -0.450 e. The number of hydrogen-bond donors (Lipinski definition) is 3. The second-order valence-electron chi connectivity index (χ2n) is 4.63. The fourth-order valence-corrected chi connectivity index (χ4v) is 2.45. The Morgan fingerprint density at radius 2 is 1.94 bits per heavy atom. The first-order valence-corrected chi connectivity index (χ1v) is 5.14. The number of carbonyl (C=O) groups excluding carboxylic acids is 2. The average molecular weight is 230 g/mol. The number of aliphatic hydroxyl groups is 3. The Balaban J connectivity index is 2.29. The summed E-state index contributed by atoms with van der Waals surface area (Å²) in [5.74, 6) is -2.24. The van der Waals surface area contributed by atoms with Gasteiger partial charge in [-0.1, -0.05) is 13.8 Å². The molecular formula is C10H14O6. The maximum Gasteiger partial charge on any atom is 0.378 e. The van der Waals surface area contributed by atoms with Gasteiger partial charge in [0, 0.05) is 5.41 Å². The second kappa shape index (κ2) is 3.03. The maximum absolute atomic E-state index is 11.1. The first kappa shape index (κ1) is 11.5. The lowest BCUT2D eigenvalue weighted by molar-refractivity contribution is -0.154. The molecule has 6 nitrogen and oxygen atoms in total. The molecular weight excluding hydrogens is 216 g/mol. The highest BCUT2D eigenvalue weighted by molar-refractivity contribution is 6.37. The monoisotopic (exact) mass is 230 g/mol. The Hall–Kier alpha value is -0.980. The third-order valence-corrected chi connectivity index (χ3v) is 4.01. The zero-order chi connectivity index (χ0) is 12.3. The summed E-state index contributed by atoms with van der Waals surface area (Å²) in [6, 6.07) is 0. The molecule has 2 aliphatic rings. The lowest BCUT2D eigenvalue weighted by Gasteiger charge is -2.22. The molecule has 0 bridgehead atoms. The molecule has 0 spiro atoms. The van der Waals surface area contributed by atoms with Crippen LogP contribution in [0.15, 0.2) is 0 Å². The fourth-order valence-electron chi connectivity index (χ4n) is 2.45. The summed E-state index contributed by atoms with van der Waals surface area (Å²) in [4.78, 5) is 22.0. The van der Waals surface area contributed by atoms with Crippen LogP contribution in [0.4, 0.5) is 0 Å². The van der Waals surface area contributed by atoms with Crippen molar-refractivity contribution in [2.75, 3.05) is 0 Å². The standard InChI is InChI=1S/C10H14O6/c1-3-9(2)8(14)10(9,15)6-4(11)5(12)7(13)16-6/h4,6,8,11,14-15H,3H2,1-2H3/t4?,6-,8?,9?,10+/m0/s1. The molecule has 3 unspecified atom stereocenters. The van der Waals surface area contributed by atoms with E-state index in [1.54, 1.807) is 13.8 Å². The summed E-state index contributed by atoms with van der Waals surface area (Å²) >= 11 is 0. The summed E-state index contributed by atoms with van der Waals surface area (Å²) in [6.07, 6.45) is -3.73. The molecule has 6 heteroatoms. The fraction of sp³-hybridized carbons (Fsp3) is 0.800. The second-order valence-corrected chi connectivity index (χ2v) is 4.63. The zero-order valence-corrected chi connectivity index (χ0v) is 9.01. The van der Waals surface area contributed by atoms with Gasteiger partial charge in [0.25, 0.3) is 5.78 Å². The van der Waals surface area contributed by atoms with Crippen LogP contribution in [0.5, 0.6) is 0 Å². The number of esters is 1. The quantitative estimate of drug-likeness (QED) is 0.388. The number of ketones is 1. The molecule has 3 N–H and O–H groups in total. The Bertz CT molecular complexity index is 366. The summed E-state index contributed by atoms with van der Waals surface area (Å²) in [5.41, 5.74) is -2.59. The molecule has 2 rings (SSSR count). The molecule has 90 valence electrons. The van der Waals surface area contributed by atoms with Crippen molar-refractivity contribution < 1.29 is 29.6 Å². The van der Waals surface area contributed by atoms with Crippen molar-refractivity contribution in [1.82, 2.24) is 0 Å². The van der Waals surface area contributed by atoms with Crippen molar-refractivity contribution in [3.05, 3.63) is 0 Å². The molecule has 1 heterocycles. The molecule has 1 aliphatic heterocycles. The van der Waals surface area contributed by atoms with Gasteiger partial charge in [-0.15, -0.1) is 0 Å². The number of rotatable bonds is 2. The lowest BCUT2D eigenvalue weighted by atomic mass is 9.94. The van der Waals surface area contributed by atoms with E-state index in [0.717, 1.165) is 0 Å². The van der Waals surface area contributed by atoms with E-state index in [2.05, 4.69) is 4.74 Å². The molecule has 1 saturated heterocycles. The van der Waals surface area contributed by atoms with Crippen LogP contribution in [0, 0.1) is 5.41 Å². The molecule has 16 heavy (non-hydrogen) atoms. The molecule has 0 aromatic carbocycles. The Morgan fingerprint density at radius 3 is 2.25 bits per heavy atom. The largest absolute Gasteiger partial charge is 0.450 e. The van der Waals surface area contributed by atoms with Gasteiger partial charge in [0.05, 0.1) is 6.10 Å². The third-order valence-electron chi connectivity index (χ3n) is 4.01. The molecule has 2 fully saturated rings. The number of carbonyl (C=O) groups is 2. The van der Waals surface area contributed by atoms with E-state index in [4.69, 9.17) is 0 Å². The average Bonchev–Trinajstić information content (AvgIpc) is 2.55. The van der Waals surface area contributed by atoms with E-state index in [-0.39, 0.29) is 0 Å². The first-order valence-electron chi connectivity index (χ1n) is 5.14. The summed E-state index contributed by atoms with van der Waals surface area (Å²) in [6.45, 7) is 3.37. The summed E-state index contributed by atoms with van der Waals surface area (Å²) in [7, 11) is 0. The van der Waals surface area contributed by atoms with Gasteiger partial charge in [-0.05, 0) is 6.42 Å². The van der Waals surface area contributed by atoms with Gasteiger partial charge in [0.1, 0.15) is 5.60 Å². The van der Waals surface area contributed by atoms with Gasteiger partial charge in [0.15, 0.2) is 12.2 Å². The molecule has 0 aromatic heterocycles. The molecule has 1 aliphatic carbocycles. The Labute approximate surface area is 91.8 Å². The van der Waals surface area contributed by atoms with Crippen LogP contribution in [0.1, 0.15) is 20.3 Å². The highest BCUT2D eigenvalue weighted by Gasteiger charge is 2.79. The van der Waals surface area contributed by atoms with Crippen LogP contribution in [-0.4, -0.2) is 51.0 Å². The molecule has 0 aromatic rings.